The Kier molecular flexibility index (Phi) is 2.42. The van der Waals surface area contributed by atoms with E-state index in [2.05, 4.69) is 36.5 Å². The van der Waals surface area contributed by atoms with Gasteiger partial charge in [-0.25, -0.2) is 0 Å². The van der Waals surface area contributed by atoms with Gasteiger partial charge < -0.3 is 4.98 Å². The minimum Gasteiger partial charge on any atom is -0.355 e. The van der Waals surface area contributed by atoms with E-state index >= 15 is 0 Å². The maximum Gasteiger partial charge on any atom is 0.0465 e. The zero-order valence-electron chi connectivity index (χ0n) is 9.04. The number of hydrogen-bond acceptors (Lipinski definition) is 1. The number of nitrogens with zero attached hydrogens (tertiary/aromatic N) is 1. The van der Waals surface area contributed by atoms with Crippen LogP contribution in [0.1, 0.15) is 16.8 Å². The average molecular weight is 198 g/mol. The fourth-order valence-electron chi connectivity index (χ4n) is 1.80. The minimum absolute atomic E-state index is 1.04. The summed E-state index contributed by atoms with van der Waals surface area (Å²) in [5.41, 5.74) is 5.78. The molecule has 0 radical (unpaired) electrons. The highest BCUT2D eigenvalue weighted by Crippen LogP contribution is 2.25. The lowest BCUT2D eigenvalue weighted by Crippen LogP contribution is -1.89. The third kappa shape index (κ3) is 1.71. The predicted molar refractivity (Wildman–Crippen MR) is 63.6 cm³/mol. The molecule has 0 bridgehead atoms. The number of pyridine rings is 1. The molecule has 0 aliphatic heterocycles. The van der Waals surface area contributed by atoms with E-state index in [4.69, 9.17) is 0 Å². The zero-order chi connectivity index (χ0) is 10.8. The lowest BCUT2D eigenvalue weighted by Gasteiger charge is -2.06. The van der Waals surface area contributed by atoms with Crippen LogP contribution in [0.15, 0.2) is 31.1 Å². The highest BCUT2D eigenvalue weighted by Gasteiger charge is 2.06. The Labute approximate surface area is 89.7 Å². The van der Waals surface area contributed by atoms with Gasteiger partial charge in [0.15, 0.2) is 0 Å². The smallest absolute Gasteiger partial charge is 0.0465 e. The second kappa shape index (κ2) is 3.73. The highest BCUT2D eigenvalue weighted by atomic mass is 14.7. The van der Waals surface area contributed by atoms with Crippen molar-refractivity contribution in [2.75, 3.05) is 0 Å². The summed E-state index contributed by atoms with van der Waals surface area (Å²) in [5.74, 6) is 0. The van der Waals surface area contributed by atoms with Gasteiger partial charge in [0.1, 0.15) is 0 Å². The van der Waals surface area contributed by atoms with Gasteiger partial charge in [-0.3, -0.25) is 4.98 Å². The molecule has 0 aromatic carbocycles. The number of hydrogen-bond donors (Lipinski definition) is 1. The first-order valence-corrected chi connectivity index (χ1v) is 4.95. The van der Waals surface area contributed by atoms with Crippen molar-refractivity contribution in [2.45, 2.75) is 13.8 Å². The van der Waals surface area contributed by atoms with Crippen molar-refractivity contribution in [3.8, 4) is 11.3 Å². The summed E-state index contributed by atoms with van der Waals surface area (Å²) in [6, 6.07) is 4.11. The third-order valence-corrected chi connectivity index (χ3v) is 2.52. The van der Waals surface area contributed by atoms with Gasteiger partial charge in [-0.05, 0) is 43.2 Å². The zero-order valence-corrected chi connectivity index (χ0v) is 9.04. The molecule has 2 aromatic rings. The summed E-state index contributed by atoms with van der Waals surface area (Å²) in [6.45, 7) is 7.89. The number of aryl methyl sites for hydroxylation is 2. The van der Waals surface area contributed by atoms with Crippen LogP contribution in [0.3, 0.4) is 0 Å². The van der Waals surface area contributed by atoms with E-state index in [1.54, 1.807) is 0 Å². The van der Waals surface area contributed by atoms with Crippen LogP contribution in [0.25, 0.3) is 17.3 Å². The number of H-pyrrole nitrogens is 1. The molecule has 0 atom stereocenters. The molecule has 2 aromatic heterocycles. The van der Waals surface area contributed by atoms with Gasteiger partial charge in [-0.1, -0.05) is 6.58 Å². The third-order valence-electron chi connectivity index (χ3n) is 2.52. The van der Waals surface area contributed by atoms with E-state index in [1.807, 2.05) is 24.5 Å². The molecule has 0 saturated heterocycles. The quantitative estimate of drug-likeness (QED) is 0.787. The molecule has 2 heterocycles. The van der Waals surface area contributed by atoms with Crippen LogP contribution < -0.4 is 0 Å². The van der Waals surface area contributed by atoms with E-state index in [-0.39, 0.29) is 0 Å². The molecule has 0 aliphatic carbocycles. The first kappa shape index (κ1) is 9.71. The average Bonchev–Trinajstić information content (AvgIpc) is 2.66. The van der Waals surface area contributed by atoms with Crippen molar-refractivity contribution in [3.05, 3.63) is 47.9 Å². The van der Waals surface area contributed by atoms with Gasteiger partial charge in [0, 0.05) is 29.3 Å². The molecule has 0 fully saturated rings. The molecular weight excluding hydrogens is 184 g/mol. The van der Waals surface area contributed by atoms with Gasteiger partial charge in [-0.2, -0.15) is 0 Å². The van der Waals surface area contributed by atoms with Crippen molar-refractivity contribution < 1.29 is 0 Å². The minimum atomic E-state index is 1.04. The summed E-state index contributed by atoms with van der Waals surface area (Å²) in [4.78, 5) is 7.48. The maximum atomic E-state index is 4.16. The summed E-state index contributed by atoms with van der Waals surface area (Å²) in [6.07, 6.45) is 5.59. The molecule has 1 N–H and O–H groups in total. The first-order chi connectivity index (χ1) is 7.22. The number of aromatic nitrogens is 2. The SMILES string of the molecule is C=Cc1ccc(-c2c(C)cncc2C)[nH]1. The monoisotopic (exact) mass is 198 g/mol. The van der Waals surface area contributed by atoms with Gasteiger partial charge >= 0.3 is 0 Å². The lowest BCUT2D eigenvalue weighted by molar-refractivity contribution is 1.21. The molecule has 76 valence electrons. The van der Waals surface area contributed by atoms with Crippen molar-refractivity contribution in [1.29, 1.82) is 0 Å². The van der Waals surface area contributed by atoms with Gasteiger partial charge in [-0.15, -0.1) is 0 Å². The van der Waals surface area contributed by atoms with Crippen LogP contribution in [-0.2, 0) is 0 Å². The fraction of sp³-hybridized carbons (Fsp3) is 0.154. The van der Waals surface area contributed by atoms with Crippen molar-refractivity contribution in [2.24, 2.45) is 0 Å². The van der Waals surface area contributed by atoms with E-state index in [0.29, 0.717) is 0 Å². The Morgan fingerprint density at radius 2 is 1.87 bits per heavy atom. The Bertz CT molecular complexity index is 475. The topological polar surface area (TPSA) is 28.7 Å². The molecule has 0 aliphatic rings. The number of aromatic amines is 1. The Morgan fingerprint density at radius 3 is 2.40 bits per heavy atom. The van der Waals surface area contributed by atoms with Crippen LogP contribution in [-0.4, -0.2) is 9.97 Å². The normalized spacial score (nSPS) is 10.3. The highest BCUT2D eigenvalue weighted by molar-refractivity contribution is 5.68. The second-order valence-electron chi connectivity index (χ2n) is 3.68. The van der Waals surface area contributed by atoms with Gasteiger partial charge in [0.25, 0.3) is 0 Å². The summed E-state index contributed by atoms with van der Waals surface area (Å²) >= 11 is 0. The Morgan fingerprint density at radius 1 is 1.20 bits per heavy atom. The molecular formula is C13H14N2. The first-order valence-electron chi connectivity index (χ1n) is 4.95. The Balaban J connectivity index is 2.58. The number of rotatable bonds is 2. The van der Waals surface area contributed by atoms with Gasteiger partial charge in [0.2, 0.25) is 0 Å². The molecule has 0 unspecified atom stereocenters. The summed E-state index contributed by atoms with van der Waals surface area (Å²) in [7, 11) is 0. The van der Waals surface area contributed by atoms with Gasteiger partial charge in [0.05, 0.1) is 0 Å². The van der Waals surface area contributed by atoms with Crippen molar-refractivity contribution in [3.63, 3.8) is 0 Å². The predicted octanol–water partition coefficient (Wildman–Crippen LogP) is 3.34. The summed E-state index contributed by atoms with van der Waals surface area (Å²) < 4.78 is 0. The largest absolute Gasteiger partial charge is 0.355 e. The molecule has 2 heteroatoms. The van der Waals surface area contributed by atoms with Crippen molar-refractivity contribution >= 4 is 6.08 Å². The van der Waals surface area contributed by atoms with Crippen LogP contribution in [0.4, 0.5) is 0 Å². The maximum absolute atomic E-state index is 4.16. The van der Waals surface area contributed by atoms with E-state index in [0.717, 1.165) is 11.4 Å². The van der Waals surface area contributed by atoms with Crippen LogP contribution >= 0.6 is 0 Å². The van der Waals surface area contributed by atoms with E-state index in [9.17, 15) is 0 Å². The van der Waals surface area contributed by atoms with Crippen LogP contribution in [0.5, 0.6) is 0 Å². The van der Waals surface area contributed by atoms with E-state index in [1.165, 1.54) is 16.7 Å². The summed E-state index contributed by atoms with van der Waals surface area (Å²) in [5, 5.41) is 0. The van der Waals surface area contributed by atoms with Crippen LogP contribution in [0, 0.1) is 13.8 Å². The molecule has 2 nitrogen and oxygen atoms in total. The lowest BCUT2D eigenvalue weighted by atomic mass is 10.0. The van der Waals surface area contributed by atoms with Crippen LogP contribution in [0.2, 0.25) is 0 Å². The molecule has 2 rings (SSSR count). The van der Waals surface area contributed by atoms with E-state index < -0.39 is 0 Å². The standard InChI is InChI=1S/C13H14N2/c1-4-11-5-6-12(15-11)13-9(2)7-14-8-10(13)3/h4-8,15H,1H2,2-3H3. The molecule has 0 amide bonds. The molecule has 0 spiro atoms. The fourth-order valence-corrected chi connectivity index (χ4v) is 1.80. The molecule has 15 heavy (non-hydrogen) atoms. The van der Waals surface area contributed by atoms with Crippen molar-refractivity contribution in [1.82, 2.24) is 9.97 Å². The molecule has 0 saturated carbocycles. The second-order valence-corrected chi connectivity index (χ2v) is 3.68. The Hall–Kier alpha value is -1.83. The number of nitrogens with one attached hydrogen (secondary N) is 1.